The van der Waals surface area contributed by atoms with E-state index in [-0.39, 0.29) is 11.9 Å². The number of rotatable bonds is 2. The van der Waals surface area contributed by atoms with Crippen molar-refractivity contribution in [1.29, 1.82) is 0 Å². The van der Waals surface area contributed by atoms with Crippen molar-refractivity contribution in [3.63, 3.8) is 0 Å². The largest absolute Gasteiger partial charge is 0.488 e. The molecule has 0 bridgehead atoms. The lowest BCUT2D eigenvalue weighted by molar-refractivity contribution is -0.129. The number of hydrogen-bond acceptors (Lipinski definition) is 3. The number of benzene rings is 1. The molecule has 24 heavy (non-hydrogen) atoms. The molecular formula is C18H18ClN3O2. The molecule has 1 atom stereocenters. The van der Waals surface area contributed by atoms with Crippen LogP contribution in [0.25, 0.3) is 6.08 Å². The first-order valence-corrected chi connectivity index (χ1v) is 8.48. The van der Waals surface area contributed by atoms with Crippen molar-refractivity contribution in [3.8, 4) is 5.75 Å². The summed E-state index contributed by atoms with van der Waals surface area (Å²) in [6.45, 7) is 1.79. The van der Waals surface area contributed by atoms with Crippen molar-refractivity contribution in [3.05, 3.63) is 53.1 Å². The van der Waals surface area contributed by atoms with E-state index >= 15 is 0 Å². The van der Waals surface area contributed by atoms with Crippen LogP contribution in [0.15, 0.2) is 42.5 Å². The monoisotopic (exact) mass is 343 g/mol. The summed E-state index contributed by atoms with van der Waals surface area (Å²) in [5.74, 6) is 0.816. The molecular weight excluding hydrogens is 326 g/mol. The van der Waals surface area contributed by atoms with Gasteiger partial charge in [-0.25, -0.2) is 4.98 Å². The maximum atomic E-state index is 12.9. The van der Waals surface area contributed by atoms with Gasteiger partial charge in [0.15, 0.2) is 0 Å². The van der Waals surface area contributed by atoms with Crippen LogP contribution >= 0.6 is 11.6 Å². The number of hydrogen-bond donors (Lipinski definition) is 0. The number of imidazole rings is 1. The third kappa shape index (κ3) is 2.91. The number of aromatic nitrogens is 2. The van der Waals surface area contributed by atoms with Crippen LogP contribution in [0.3, 0.4) is 0 Å². The third-order valence-electron chi connectivity index (χ3n) is 4.59. The van der Waals surface area contributed by atoms with Crippen LogP contribution in [0.4, 0.5) is 0 Å². The van der Waals surface area contributed by atoms with E-state index in [1.807, 2.05) is 35.6 Å². The Morgan fingerprint density at radius 2 is 2.29 bits per heavy atom. The van der Waals surface area contributed by atoms with E-state index < -0.39 is 0 Å². The number of piperidine rings is 1. The number of carbonyl (C=O) groups excluding carboxylic acids is 1. The summed E-state index contributed by atoms with van der Waals surface area (Å²) in [5.41, 5.74) is 1.54. The number of amides is 1. The lowest BCUT2D eigenvalue weighted by atomic mass is 10.0. The maximum Gasteiger partial charge on any atom is 0.253 e. The second-order valence-corrected chi connectivity index (χ2v) is 6.63. The van der Waals surface area contributed by atoms with Crippen LogP contribution in [0.5, 0.6) is 5.75 Å². The molecule has 0 radical (unpaired) electrons. The minimum Gasteiger partial charge on any atom is -0.488 e. The van der Waals surface area contributed by atoms with Crippen LogP contribution in [-0.2, 0) is 4.79 Å². The van der Waals surface area contributed by atoms with E-state index in [2.05, 4.69) is 9.55 Å². The number of halogens is 1. The molecule has 1 amide bonds. The molecule has 6 heteroatoms. The SMILES string of the molecule is O=C(C1=Cc2cc(Cl)ccc2OC1)N1CCC[C@@H](n2ccnc2)C1. The molecule has 3 heterocycles. The molecule has 1 aromatic carbocycles. The van der Waals surface area contributed by atoms with Gasteiger partial charge in [0.1, 0.15) is 12.4 Å². The summed E-state index contributed by atoms with van der Waals surface area (Å²) < 4.78 is 7.80. The number of carbonyl (C=O) groups is 1. The summed E-state index contributed by atoms with van der Waals surface area (Å²) >= 11 is 6.04. The quantitative estimate of drug-likeness (QED) is 0.841. The fourth-order valence-electron chi connectivity index (χ4n) is 3.34. The standard InChI is InChI=1S/C18H18ClN3O2/c19-15-3-4-17-13(9-15)8-14(11-24-17)18(23)21-6-1-2-16(10-21)22-7-5-20-12-22/h3-5,7-9,12,16H,1-2,6,10-11H2/t16-/m1/s1. The van der Waals surface area contributed by atoms with Crippen molar-refractivity contribution < 1.29 is 9.53 Å². The van der Waals surface area contributed by atoms with Gasteiger partial charge < -0.3 is 14.2 Å². The maximum absolute atomic E-state index is 12.9. The van der Waals surface area contributed by atoms with Gasteiger partial charge in [-0.05, 0) is 37.1 Å². The van der Waals surface area contributed by atoms with E-state index in [0.717, 1.165) is 30.7 Å². The molecule has 1 aromatic heterocycles. The summed E-state index contributed by atoms with van der Waals surface area (Å²) in [6.07, 6.45) is 9.51. The van der Waals surface area contributed by atoms with E-state index in [0.29, 0.717) is 23.7 Å². The number of likely N-dealkylation sites (tertiary alicyclic amines) is 1. The third-order valence-corrected chi connectivity index (χ3v) is 4.82. The average Bonchev–Trinajstić information content (AvgIpc) is 3.15. The molecule has 2 aromatic rings. The van der Waals surface area contributed by atoms with Gasteiger partial charge in [0.05, 0.1) is 17.9 Å². The Balaban J connectivity index is 1.53. The Morgan fingerprint density at radius 3 is 3.12 bits per heavy atom. The zero-order valence-electron chi connectivity index (χ0n) is 13.2. The van der Waals surface area contributed by atoms with Gasteiger partial charge >= 0.3 is 0 Å². The minimum atomic E-state index is 0.0467. The van der Waals surface area contributed by atoms with Crippen LogP contribution in [-0.4, -0.2) is 40.1 Å². The van der Waals surface area contributed by atoms with Crippen LogP contribution in [0.2, 0.25) is 5.02 Å². The highest BCUT2D eigenvalue weighted by atomic mass is 35.5. The van der Waals surface area contributed by atoms with Crippen LogP contribution in [0, 0.1) is 0 Å². The van der Waals surface area contributed by atoms with Gasteiger partial charge in [-0.3, -0.25) is 4.79 Å². The zero-order chi connectivity index (χ0) is 16.5. The molecule has 1 fully saturated rings. The molecule has 0 unspecified atom stereocenters. The Hall–Kier alpha value is -2.27. The van der Waals surface area contributed by atoms with E-state index in [4.69, 9.17) is 16.3 Å². The topological polar surface area (TPSA) is 47.4 Å². The molecule has 5 nitrogen and oxygen atoms in total. The fourth-order valence-corrected chi connectivity index (χ4v) is 3.52. The molecule has 2 aliphatic heterocycles. The lowest BCUT2D eigenvalue weighted by Crippen LogP contribution is -2.42. The molecule has 0 saturated carbocycles. The van der Waals surface area contributed by atoms with Crippen molar-refractivity contribution in [2.24, 2.45) is 0 Å². The molecule has 4 rings (SSSR count). The van der Waals surface area contributed by atoms with E-state index in [9.17, 15) is 4.79 Å². The molecule has 0 spiro atoms. The van der Waals surface area contributed by atoms with Crippen molar-refractivity contribution in [2.75, 3.05) is 19.7 Å². The van der Waals surface area contributed by atoms with Gasteiger partial charge in [-0.1, -0.05) is 11.6 Å². The Bertz CT molecular complexity index is 786. The fraction of sp³-hybridized carbons (Fsp3) is 0.333. The number of ether oxygens (including phenoxy) is 1. The summed E-state index contributed by atoms with van der Waals surface area (Å²) in [5, 5.41) is 0.639. The molecule has 124 valence electrons. The first kappa shape index (κ1) is 15.3. The second-order valence-electron chi connectivity index (χ2n) is 6.20. The van der Waals surface area contributed by atoms with Crippen molar-refractivity contribution >= 4 is 23.6 Å². The summed E-state index contributed by atoms with van der Waals surface area (Å²) in [7, 11) is 0. The summed E-state index contributed by atoms with van der Waals surface area (Å²) in [6, 6.07) is 5.75. The Kier molecular flexibility index (Phi) is 4.02. The number of nitrogens with zero attached hydrogens (tertiary/aromatic N) is 3. The predicted molar refractivity (Wildman–Crippen MR) is 92.0 cm³/mol. The highest BCUT2D eigenvalue weighted by Gasteiger charge is 2.28. The van der Waals surface area contributed by atoms with Crippen molar-refractivity contribution in [2.45, 2.75) is 18.9 Å². The van der Waals surface area contributed by atoms with Gasteiger partial charge in [0, 0.05) is 36.1 Å². The normalized spacial score (nSPS) is 20.1. The highest BCUT2D eigenvalue weighted by molar-refractivity contribution is 6.30. The summed E-state index contributed by atoms with van der Waals surface area (Å²) in [4.78, 5) is 18.9. The first-order valence-electron chi connectivity index (χ1n) is 8.10. The average molecular weight is 344 g/mol. The molecule has 2 aliphatic rings. The van der Waals surface area contributed by atoms with Gasteiger partial charge in [-0.2, -0.15) is 0 Å². The second kappa shape index (κ2) is 6.32. The minimum absolute atomic E-state index is 0.0467. The predicted octanol–water partition coefficient (Wildman–Crippen LogP) is 3.18. The van der Waals surface area contributed by atoms with Gasteiger partial charge in [0.25, 0.3) is 5.91 Å². The molecule has 0 aliphatic carbocycles. The van der Waals surface area contributed by atoms with E-state index in [1.54, 1.807) is 12.3 Å². The lowest BCUT2D eigenvalue weighted by Gasteiger charge is -2.34. The first-order chi connectivity index (χ1) is 11.7. The van der Waals surface area contributed by atoms with Gasteiger partial charge in [-0.15, -0.1) is 0 Å². The Morgan fingerprint density at radius 1 is 1.38 bits per heavy atom. The zero-order valence-corrected chi connectivity index (χ0v) is 13.9. The molecule has 1 saturated heterocycles. The highest BCUT2D eigenvalue weighted by Crippen LogP contribution is 2.30. The van der Waals surface area contributed by atoms with E-state index in [1.165, 1.54) is 0 Å². The number of fused-ring (bicyclic) bond motifs is 1. The van der Waals surface area contributed by atoms with Crippen LogP contribution in [0.1, 0.15) is 24.4 Å². The van der Waals surface area contributed by atoms with Gasteiger partial charge in [0.2, 0.25) is 0 Å². The Labute approximate surface area is 145 Å². The van der Waals surface area contributed by atoms with Crippen molar-refractivity contribution in [1.82, 2.24) is 14.5 Å². The molecule has 0 N–H and O–H groups in total. The smallest absolute Gasteiger partial charge is 0.253 e. The van der Waals surface area contributed by atoms with Crippen LogP contribution < -0.4 is 4.74 Å².